The number of benzene rings is 3. The third-order valence-electron chi connectivity index (χ3n) is 7.13. The van der Waals surface area contributed by atoms with Gasteiger partial charge in [-0.3, -0.25) is 14.0 Å². The molecule has 0 saturated heterocycles. The van der Waals surface area contributed by atoms with Crippen LogP contribution in [-0.2, 0) is 35.0 Å². The number of pyridine rings is 2. The van der Waals surface area contributed by atoms with Gasteiger partial charge >= 0.3 is 0 Å². The highest BCUT2D eigenvalue weighted by Crippen LogP contribution is 2.42. The van der Waals surface area contributed by atoms with E-state index in [1.54, 1.807) is 27.0 Å². The number of nitrogens with zero attached hydrogens (tertiary/aromatic N) is 2. The highest BCUT2D eigenvalue weighted by Gasteiger charge is 2.21. The van der Waals surface area contributed by atoms with Crippen LogP contribution in [0.4, 0.5) is 0 Å². The summed E-state index contributed by atoms with van der Waals surface area (Å²) in [6.07, 6.45) is 5.40. The summed E-state index contributed by atoms with van der Waals surface area (Å²) in [6.45, 7) is 10.4. The molecule has 0 amide bonds. The van der Waals surface area contributed by atoms with Crippen LogP contribution in [0.25, 0.3) is 32.9 Å². The lowest BCUT2D eigenvalue weighted by Crippen LogP contribution is -2.10. The lowest BCUT2D eigenvalue weighted by molar-refractivity contribution is -0.122. The Labute approximate surface area is 266 Å². The van der Waals surface area contributed by atoms with E-state index in [0.717, 1.165) is 56.4 Å². The number of rotatable bonds is 6. The number of carbonyl (C=O) groups is 1. The van der Waals surface area contributed by atoms with Gasteiger partial charge in [0, 0.05) is 57.0 Å². The molecule has 1 aliphatic heterocycles. The summed E-state index contributed by atoms with van der Waals surface area (Å²) in [6, 6.07) is 20.2. The Hall–Kier alpha value is -4.34. The molecule has 0 fully saturated rings. The summed E-state index contributed by atoms with van der Waals surface area (Å²) < 4.78 is 23.7. The van der Waals surface area contributed by atoms with Crippen LogP contribution in [0.2, 0.25) is 0 Å². The van der Waals surface area contributed by atoms with Crippen molar-refractivity contribution in [2.75, 3.05) is 12.9 Å². The predicted molar refractivity (Wildman–Crippen MR) is 180 cm³/mol. The number of hydrogen-bond donors (Lipinski definition) is 2. The first-order valence-electron chi connectivity index (χ1n) is 14.8. The summed E-state index contributed by atoms with van der Waals surface area (Å²) in [4.78, 5) is 18.9. The van der Waals surface area contributed by atoms with E-state index in [9.17, 15) is 4.21 Å². The Bertz CT molecular complexity index is 1810. The summed E-state index contributed by atoms with van der Waals surface area (Å²) in [5.74, 6) is 1.49. The lowest BCUT2D eigenvalue weighted by atomic mass is 9.88. The van der Waals surface area contributed by atoms with Gasteiger partial charge in [-0.25, -0.2) is 4.98 Å². The van der Waals surface area contributed by atoms with Gasteiger partial charge in [-0.2, -0.15) is 0 Å². The van der Waals surface area contributed by atoms with Crippen molar-refractivity contribution >= 4 is 39.1 Å². The second kappa shape index (κ2) is 14.6. The van der Waals surface area contributed by atoms with Crippen LogP contribution in [0.1, 0.15) is 49.9 Å². The monoisotopic (exact) mass is 628 g/mol. The molecular formula is C36H40N2O6S. The van der Waals surface area contributed by atoms with Gasteiger partial charge in [0.15, 0.2) is 0 Å². The van der Waals surface area contributed by atoms with E-state index < -0.39 is 16.4 Å². The van der Waals surface area contributed by atoms with Gasteiger partial charge in [0.25, 0.3) is 6.47 Å². The zero-order valence-electron chi connectivity index (χ0n) is 26.6. The Morgan fingerprint density at radius 2 is 1.76 bits per heavy atom. The first kappa shape index (κ1) is 33.6. The fourth-order valence-electron chi connectivity index (χ4n) is 5.31. The van der Waals surface area contributed by atoms with Crippen LogP contribution in [0.5, 0.6) is 11.6 Å². The zero-order chi connectivity index (χ0) is 32.7. The average Bonchev–Trinajstić information content (AvgIpc) is 3.00. The molecule has 6 rings (SSSR count). The SMILES string of the molecule is CC(C)(C)O.CCc1c(C)cc2nc(OCc3ccc(S(C)=O)cc3)ccc2c1-c1ccc2c3c(ccnc13)CCO2.O=CO. The molecule has 1 aliphatic rings. The second-order valence-corrected chi connectivity index (χ2v) is 13.1. The Kier molecular flexibility index (Phi) is 10.9. The molecule has 3 aromatic carbocycles. The minimum atomic E-state index is -0.990. The number of carboxylic acid groups (broad SMARTS) is 1. The highest BCUT2D eigenvalue weighted by atomic mass is 32.2. The maximum absolute atomic E-state index is 11.6. The van der Waals surface area contributed by atoms with Gasteiger partial charge in [-0.15, -0.1) is 0 Å². The summed E-state index contributed by atoms with van der Waals surface area (Å²) >= 11 is 0. The molecule has 0 spiro atoms. The Balaban J connectivity index is 0.000000518. The Morgan fingerprint density at radius 3 is 2.40 bits per heavy atom. The number of ether oxygens (including phenoxy) is 2. The largest absolute Gasteiger partial charge is 0.493 e. The van der Waals surface area contributed by atoms with Crippen LogP contribution in [0.3, 0.4) is 0 Å². The molecule has 0 radical (unpaired) electrons. The van der Waals surface area contributed by atoms with Crippen molar-refractivity contribution in [1.82, 2.24) is 9.97 Å². The van der Waals surface area contributed by atoms with Gasteiger partial charge in [0.2, 0.25) is 5.88 Å². The third-order valence-corrected chi connectivity index (χ3v) is 8.07. The first-order valence-corrected chi connectivity index (χ1v) is 16.3. The molecular weight excluding hydrogens is 588 g/mol. The fourth-order valence-corrected chi connectivity index (χ4v) is 5.83. The smallest absolute Gasteiger partial charge is 0.290 e. The quantitative estimate of drug-likeness (QED) is 0.192. The number of fused-ring (bicyclic) bond motifs is 1. The molecule has 5 aromatic rings. The van der Waals surface area contributed by atoms with Gasteiger partial charge in [-0.1, -0.05) is 19.1 Å². The maximum atomic E-state index is 11.6. The van der Waals surface area contributed by atoms with Crippen molar-refractivity contribution < 1.29 is 28.7 Å². The van der Waals surface area contributed by atoms with Crippen LogP contribution in [0, 0.1) is 6.92 Å². The maximum Gasteiger partial charge on any atom is 0.290 e. The van der Waals surface area contributed by atoms with Crippen molar-refractivity contribution in [3.63, 3.8) is 0 Å². The molecule has 9 heteroatoms. The number of aryl methyl sites for hydroxylation is 1. The summed E-state index contributed by atoms with van der Waals surface area (Å²) in [7, 11) is -0.990. The second-order valence-electron chi connectivity index (χ2n) is 11.7. The predicted octanol–water partition coefficient (Wildman–Crippen LogP) is 7.05. The van der Waals surface area contributed by atoms with Gasteiger partial charge in [-0.05, 0) is 104 Å². The number of aromatic nitrogens is 2. The van der Waals surface area contributed by atoms with E-state index >= 15 is 0 Å². The van der Waals surface area contributed by atoms with Crippen molar-refractivity contribution in [3.8, 4) is 22.8 Å². The summed E-state index contributed by atoms with van der Waals surface area (Å²) in [5, 5.41) is 17.6. The fraction of sp³-hybridized carbons (Fsp3) is 0.306. The number of aliphatic hydroxyl groups is 1. The normalized spacial score (nSPS) is 12.7. The van der Waals surface area contributed by atoms with Crippen molar-refractivity contribution in [2.24, 2.45) is 0 Å². The van der Waals surface area contributed by atoms with E-state index in [1.165, 1.54) is 22.3 Å². The van der Waals surface area contributed by atoms with E-state index in [2.05, 4.69) is 44.2 Å². The average molecular weight is 629 g/mol. The molecule has 1 atom stereocenters. The highest BCUT2D eigenvalue weighted by molar-refractivity contribution is 7.84. The van der Waals surface area contributed by atoms with Crippen molar-refractivity contribution in [3.05, 3.63) is 89.1 Å². The molecule has 45 heavy (non-hydrogen) atoms. The van der Waals surface area contributed by atoms with Gasteiger partial charge in [0.1, 0.15) is 12.4 Å². The van der Waals surface area contributed by atoms with E-state index in [1.807, 2.05) is 36.5 Å². The number of hydrogen-bond acceptors (Lipinski definition) is 7. The van der Waals surface area contributed by atoms with E-state index in [-0.39, 0.29) is 6.47 Å². The summed E-state index contributed by atoms with van der Waals surface area (Å²) in [5.41, 5.74) is 8.47. The van der Waals surface area contributed by atoms with Gasteiger partial charge < -0.3 is 19.7 Å². The molecule has 1 unspecified atom stereocenters. The molecule has 0 saturated carbocycles. The van der Waals surface area contributed by atoms with Crippen molar-refractivity contribution in [2.45, 2.75) is 64.6 Å². The molecule has 0 bridgehead atoms. The Morgan fingerprint density at radius 1 is 1.07 bits per heavy atom. The lowest BCUT2D eigenvalue weighted by Gasteiger charge is -2.21. The van der Waals surface area contributed by atoms with Gasteiger partial charge in [0.05, 0.1) is 23.2 Å². The van der Waals surface area contributed by atoms with Crippen LogP contribution in [-0.4, -0.2) is 49.3 Å². The van der Waals surface area contributed by atoms with Crippen molar-refractivity contribution in [1.29, 1.82) is 0 Å². The van der Waals surface area contributed by atoms with E-state index in [0.29, 0.717) is 19.1 Å². The molecule has 8 nitrogen and oxygen atoms in total. The van der Waals surface area contributed by atoms with Crippen LogP contribution < -0.4 is 9.47 Å². The standard InChI is InChI=1S/C31H28N2O3S.C4H10O.CH2O2/c1-4-23-19(2)17-26-24(10-12-28(33-26)36-18-20-5-7-22(8-6-20)37(3)34)30(23)25-9-11-27-29-21(14-16-35-27)13-15-32-31(25)29;1-4(2,3)5;2-1-3/h5-13,15,17H,4,14,16,18H2,1-3H3;5H,1-3H3;1H,(H,2,3). The molecule has 3 heterocycles. The van der Waals surface area contributed by atoms with Crippen LogP contribution in [0.15, 0.2) is 71.8 Å². The molecule has 2 N–H and O–H groups in total. The molecule has 236 valence electrons. The van der Waals surface area contributed by atoms with Crippen LogP contribution >= 0.6 is 0 Å². The minimum absolute atomic E-state index is 0.250. The zero-order valence-corrected chi connectivity index (χ0v) is 27.4. The van der Waals surface area contributed by atoms with E-state index in [4.69, 9.17) is 34.4 Å². The minimum Gasteiger partial charge on any atom is -0.493 e. The molecule has 2 aromatic heterocycles. The molecule has 0 aliphatic carbocycles. The first-order chi connectivity index (χ1) is 21.4. The third kappa shape index (κ3) is 8.23. The topological polar surface area (TPSA) is 119 Å².